The first-order valence-electron chi connectivity index (χ1n) is 42.0. The Morgan fingerprint density at radius 1 is 0.360 bits per heavy atom. The number of amides is 10. The van der Waals surface area contributed by atoms with E-state index in [4.69, 9.17) is 28.7 Å². The summed E-state index contributed by atoms with van der Waals surface area (Å²) in [5, 5.41) is 74.6. The average molecular weight is 1830 g/mol. The molecule has 686 valence electrons. The number of para-hydroxylation sites is 1. The number of halogens is 1. The summed E-state index contributed by atoms with van der Waals surface area (Å²) in [5.41, 5.74) is 26.0. The summed E-state index contributed by atoms with van der Waals surface area (Å²) in [6.07, 6.45) is 13.1. The molecule has 136 heavy (non-hydrogen) atoms. The van der Waals surface area contributed by atoms with Crippen LogP contribution in [0.15, 0.2) is 171 Å². The molecule has 40 nitrogen and oxygen atoms in total. The van der Waals surface area contributed by atoms with Gasteiger partial charge in [-0.3, -0.25) is 47.9 Å². The van der Waals surface area contributed by atoms with Gasteiger partial charge in [-0.1, -0.05) is 83.5 Å². The van der Waals surface area contributed by atoms with E-state index in [1.165, 1.54) is 79.9 Å². The zero-order valence-corrected chi connectivity index (χ0v) is 73.4. The molecule has 10 aromatic heterocycles. The zero-order valence-electron chi connectivity index (χ0n) is 73.4. The van der Waals surface area contributed by atoms with Gasteiger partial charge in [-0.25, -0.2) is 52.7 Å². The molecule has 10 amide bonds. The summed E-state index contributed by atoms with van der Waals surface area (Å²) >= 11 is 0. The minimum absolute atomic E-state index is 0.0771. The number of aliphatic hydroxyl groups is 5. The Morgan fingerprint density at radius 2 is 0.743 bits per heavy atom. The van der Waals surface area contributed by atoms with Crippen LogP contribution in [0, 0.1) is 65.0 Å². The Labute approximate surface area is 772 Å². The first kappa shape index (κ1) is 93.2. The predicted octanol–water partition coefficient (Wildman–Crippen LogP) is 0.642. The summed E-state index contributed by atoms with van der Waals surface area (Å²) in [4.78, 5) is 146. The number of likely N-dealkylation sites (tertiary alicyclic amines) is 5. The van der Waals surface area contributed by atoms with Gasteiger partial charge in [0.05, 0.1) is 27.8 Å². The third-order valence-corrected chi connectivity index (χ3v) is 23.0. The first-order valence-corrected chi connectivity index (χ1v) is 42.0. The molecule has 5 atom stereocenters. The summed E-state index contributed by atoms with van der Waals surface area (Å²) in [6.45, 7) is 2.29. The van der Waals surface area contributed by atoms with Gasteiger partial charge in [-0.05, 0) is 128 Å². The highest BCUT2D eigenvalue weighted by Crippen LogP contribution is 2.32. The number of likely N-dealkylation sites (N-methyl/N-ethyl adjacent to an activating group) is 5. The van der Waals surface area contributed by atoms with Gasteiger partial charge in [0, 0.05) is 181 Å². The summed E-state index contributed by atoms with van der Waals surface area (Å²) < 4.78 is 21.1. The van der Waals surface area contributed by atoms with Crippen LogP contribution in [0.1, 0.15) is 130 Å². The molecule has 3 aromatic carbocycles. The minimum atomic E-state index is -1.72. The van der Waals surface area contributed by atoms with Crippen LogP contribution in [0.5, 0.6) is 0 Å². The van der Waals surface area contributed by atoms with Crippen LogP contribution in [-0.2, 0) is 36.8 Å². The molecule has 5 fully saturated rings. The largest absolute Gasteiger partial charge is 0.369 e. The highest BCUT2D eigenvalue weighted by molar-refractivity contribution is 6.06. The number of aromatic nitrogens is 15. The van der Waals surface area contributed by atoms with Crippen molar-refractivity contribution in [3.8, 4) is 88.2 Å². The number of fused-ring (bicyclic) bond motifs is 4. The van der Waals surface area contributed by atoms with Crippen molar-refractivity contribution >= 4 is 91.9 Å². The molecule has 5 aliphatic heterocycles. The number of rotatable bonds is 10. The number of carbonyl (C=O) groups excluding carboxylic acids is 10. The van der Waals surface area contributed by atoms with Gasteiger partial charge in [0.2, 0.25) is 28.0 Å². The minimum Gasteiger partial charge on any atom is -0.369 e. The molecule has 6 aliphatic rings. The molecule has 15 N–H and O–H groups in total. The molecule has 1 aliphatic carbocycles. The molecular formula is C95H84FN25O15. The zero-order chi connectivity index (χ0) is 97.0. The number of pyridine rings is 5. The van der Waals surface area contributed by atoms with Gasteiger partial charge in [-0.2, -0.15) is 25.5 Å². The van der Waals surface area contributed by atoms with Crippen LogP contribution < -0.4 is 28.7 Å². The maximum atomic E-state index is 13.6. The van der Waals surface area contributed by atoms with Crippen LogP contribution in [-0.4, -0.2) is 279 Å². The van der Waals surface area contributed by atoms with E-state index in [1.807, 2.05) is 12.1 Å². The van der Waals surface area contributed by atoms with Crippen LogP contribution in [0.4, 0.5) is 4.39 Å². The van der Waals surface area contributed by atoms with E-state index in [9.17, 15) is 77.9 Å². The quantitative estimate of drug-likeness (QED) is 0.0840. The lowest BCUT2D eigenvalue weighted by Gasteiger charge is -2.13. The van der Waals surface area contributed by atoms with E-state index in [0.717, 1.165) is 30.5 Å². The smallest absolute Gasteiger partial charge is 0.269 e. The SMILES string of the molecule is CN1CC[C@@](O)(C#Cc2cccc(-n3nc(C(N)=O)c4cccnc43)c2)C1=O.CN1CC[C@@](O)(C#Cc2ccnc(-n3ccc(C(N)=O)n3)c2)C1=O.CN1CC[C@@](O)(C#Cc2ccnc(-n3nc(C(N)=O)c4c3CCC4)c2)C1=O.CN1CC[C@@](O)(C#Cc2ccnc(-n3nc(C(N)=O)c4cc(F)ccc43)c2)C1=O.CN1CC[C@@](O)(C#Cc2ccnc(-n3nc(C(N)=O)c4ccccc43)c2)C1=O. The third kappa shape index (κ3) is 19.2. The normalized spacial score (nSPS) is 19.5. The maximum absolute atomic E-state index is 13.6. The van der Waals surface area contributed by atoms with Crippen molar-refractivity contribution < 1.29 is 77.9 Å². The third-order valence-electron chi connectivity index (χ3n) is 23.0. The van der Waals surface area contributed by atoms with Crippen molar-refractivity contribution in [2.45, 2.75) is 79.4 Å². The second-order valence-corrected chi connectivity index (χ2v) is 32.4. The number of benzene rings is 3. The number of nitrogens with zero attached hydrogens (tertiary/aromatic N) is 20. The van der Waals surface area contributed by atoms with Crippen molar-refractivity contribution in [3.05, 3.63) is 244 Å². The van der Waals surface area contributed by atoms with Gasteiger partial charge < -0.3 is 78.7 Å². The van der Waals surface area contributed by atoms with E-state index in [1.54, 1.807) is 162 Å². The second kappa shape index (κ2) is 37.7. The predicted molar refractivity (Wildman–Crippen MR) is 484 cm³/mol. The highest BCUT2D eigenvalue weighted by atomic mass is 19.1. The molecule has 5 saturated heterocycles. The van der Waals surface area contributed by atoms with Crippen molar-refractivity contribution in [2.75, 3.05) is 68.0 Å². The maximum Gasteiger partial charge on any atom is 0.269 e. The van der Waals surface area contributed by atoms with Crippen molar-refractivity contribution in [3.63, 3.8) is 0 Å². The van der Waals surface area contributed by atoms with E-state index >= 15 is 0 Å². The van der Waals surface area contributed by atoms with Crippen LogP contribution >= 0.6 is 0 Å². The second-order valence-electron chi connectivity index (χ2n) is 32.4. The van der Waals surface area contributed by atoms with E-state index in [-0.39, 0.29) is 71.9 Å². The lowest BCUT2D eigenvalue weighted by atomic mass is 10.0. The fourth-order valence-corrected chi connectivity index (χ4v) is 15.5. The van der Waals surface area contributed by atoms with Crippen molar-refractivity contribution in [1.82, 2.24) is 98.3 Å². The van der Waals surface area contributed by atoms with E-state index in [2.05, 4.69) is 110 Å². The fraction of sp³-hybridized carbons (Fsp3) is 0.242. The molecule has 0 saturated carbocycles. The lowest BCUT2D eigenvalue weighted by molar-refractivity contribution is -0.138. The number of nitrogens with two attached hydrogens (primary N) is 5. The number of primary amides is 5. The Kier molecular flexibility index (Phi) is 25.9. The molecule has 41 heteroatoms. The first-order chi connectivity index (χ1) is 64.8. The Bertz CT molecular complexity index is 7300. The monoisotopic (exact) mass is 1830 g/mol. The Morgan fingerprint density at radius 3 is 1.17 bits per heavy atom. The van der Waals surface area contributed by atoms with Crippen LogP contribution in [0.2, 0.25) is 0 Å². The molecule has 19 rings (SSSR count). The number of hydrogen-bond donors (Lipinski definition) is 10. The van der Waals surface area contributed by atoms with Crippen LogP contribution in [0.3, 0.4) is 0 Å². The van der Waals surface area contributed by atoms with Gasteiger partial charge in [0.1, 0.15) is 11.5 Å². The summed E-state index contributed by atoms with van der Waals surface area (Å²) in [6, 6.07) is 36.3. The van der Waals surface area contributed by atoms with Gasteiger partial charge in [0.25, 0.3) is 59.1 Å². The van der Waals surface area contributed by atoms with Gasteiger partial charge >= 0.3 is 0 Å². The molecule has 0 bridgehead atoms. The molecule has 0 unspecified atom stereocenters. The molecule has 0 spiro atoms. The standard InChI is InChI=1S/C20H16FN5O3.2C20H17N5O3.C19H19N5O3.C16H15N5O3/c1-25-9-7-20(29,19(25)28)6-4-12-5-8-23-16(10-12)26-15-3-2-13(21)11-14(15)17(24-26)18(22)27;1-24-11-9-20(28,19(24)27)8-7-13-4-2-5-14(12-13)25-18-15(6-3-10-22-18)16(23-25)17(21)26;1-24-11-9-20(28,19(24)27)8-6-13-7-10-22-16(12-13)25-15-5-3-2-4-14(15)17(23-25)18(21)26;1-23-10-8-19(27,18(23)26)7-5-12-6-9-21-15(11-12)24-14-4-2-3-13(14)16(22-24)17(20)25;1-20-9-6-16(24,15(20)23)5-2-11-3-7-18-13(10-11)21-8-4-12(19-21)14(17)22/h2-3,5,8,10-11,29H,7,9H2,1H3,(H2,22,27);2-6,10,12,28H,9,11H2,1H3,(H2,21,26);2-5,7,10,12,28H,9,11H2,1H3,(H2,21,26);6,9,11,27H,2-4,8,10H2,1H3,(H2,20,25);3-4,7-8,10,24H,6,9H2,1H3,(H2,17,22)/t3*20-;19-;16-/m00000/s1. The molecular weight excluding hydrogens is 1750 g/mol. The topological polar surface area (TPSA) is 572 Å². The number of carbonyl (C=O) groups is 10. The van der Waals surface area contributed by atoms with Gasteiger partial charge in [-0.15, -0.1) is 0 Å². The van der Waals surface area contributed by atoms with Crippen molar-refractivity contribution in [1.29, 1.82) is 0 Å². The Hall–Kier alpha value is -17.5. The highest BCUT2D eigenvalue weighted by Gasteiger charge is 2.46. The number of hydrogen-bond acceptors (Lipinski definition) is 25. The van der Waals surface area contributed by atoms with Crippen LogP contribution in [0.25, 0.3) is 61.8 Å². The fourth-order valence-electron chi connectivity index (χ4n) is 15.5. The summed E-state index contributed by atoms with van der Waals surface area (Å²) in [5.74, 6) is 23.4. The lowest BCUT2D eigenvalue weighted by Crippen LogP contribution is -2.37. The molecule has 13 aromatic rings. The van der Waals surface area contributed by atoms with E-state index in [0.29, 0.717) is 117 Å². The average Bonchev–Trinajstić information content (AvgIpc) is 1.62. The summed E-state index contributed by atoms with van der Waals surface area (Å²) in [7, 11) is 8.14. The molecule has 15 heterocycles. The van der Waals surface area contributed by atoms with Crippen molar-refractivity contribution in [2.24, 2.45) is 28.7 Å². The van der Waals surface area contributed by atoms with Gasteiger partial charge in [0.15, 0.2) is 51.7 Å². The Balaban J connectivity index is 0.000000129. The molecule has 0 radical (unpaired) electrons. The van der Waals surface area contributed by atoms with E-state index < -0.39 is 87.0 Å².